The van der Waals surface area contributed by atoms with E-state index in [4.69, 9.17) is 0 Å². The molecule has 1 fully saturated rings. The summed E-state index contributed by atoms with van der Waals surface area (Å²) in [5.41, 5.74) is 1.72. The Balaban J connectivity index is 1.83. The van der Waals surface area contributed by atoms with Crippen molar-refractivity contribution in [2.45, 2.75) is 19.8 Å². The first-order valence-electron chi connectivity index (χ1n) is 9.23. The summed E-state index contributed by atoms with van der Waals surface area (Å²) in [6, 6.07) is 11.1. The molecule has 0 bridgehead atoms. The minimum atomic E-state index is -3.62. The Labute approximate surface area is 174 Å². The van der Waals surface area contributed by atoms with E-state index in [1.165, 1.54) is 25.1 Å². The number of anilines is 4. The predicted molar refractivity (Wildman–Crippen MR) is 115 cm³/mol. The standard InChI is InChI=1S/C20H22N4O5S/c1-13(25)21-15-7-10-18(23-30(2,28)29)17(12-15)20(27)22-14-5-8-16(9-6-14)24-11-3-4-19(24)26/h5-10,12,23H,3-4,11H2,1-2H3,(H,21,25)(H,22,27). The molecular formula is C20H22N4O5S. The quantitative estimate of drug-likeness (QED) is 0.649. The average Bonchev–Trinajstić information content (AvgIpc) is 3.08. The van der Waals surface area contributed by atoms with Gasteiger partial charge in [-0.05, 0) is 48.9 Å². The van der Waals surface area contributed by atoms with Crippen molar-refractivity contribution in [3.8, 4) is 0 Å². The zero-order valence-corrected chi connectivity index (χ0v) is 17.4. The van der Waals surface area contributed by atoms with Crippen LogP contribution in [-0.4, -0.2) is 38.9 Å². The Morgan fingerprint density at radius 2 is 1.67 bits per heavy atom. The first kappa shape index (κ1) is 21.3. The molecule has 0 saturated carbocycles. The first-order chi connectivity index (χ1) is 14.1. The van der Waals surface area contributed by atoms with Crippen molar-refractivity contribution in [1.82, 2.24) is 0 Å². The summed E-state index contributed by atoms with van der Waals surface area (Å²) in [6.07, 6.45) is 2.33. The molecule has 2 aromatic carbocycles. The molecule has 0 spiro atoms. The van der Waals surface area contributed by atoms with Crippen molar-refractivity contribution >= 4 is 50.5 Å². The van der Waals surface area contributed by atoms with Crippen molar-refractivity contribution in [3.05, 3.63) is 48.0 Å². The van der Waals surface area contributed by atoms with Gasteiger partial charge < -0.3 is 15.5 Å². The summed E-state index contributed by atoms with van der Waals surface area (Å²) in [7, 11) is -3.62. The molecule has 2 aromatic rings. The zero-order chi connectivity index (χ0) is 21.9. The van der Waals surface area contributed by atoms with Gasteiger partial charge >= 0.3 is 0 Å². The second-order valence-corrected chi connectivity index (χ2v) is 8.71. The molecule has 3 rings (SSSR count). The van der Waals surface area contributed by atoms with Gasteiger partial charge in [0.15, 0.2) is 0 Å². The van der Waals surface area contributed by atoms with Gasteiger partial charge in [0.1, 0.15) is 0 Å². The second kappa shape index (κ2) is 8.54. The number of hydrogen-bond acceptors (Lipinski definition) is 5. The highest BCUT2D eigenvalue weighted by Crippen LogP contribution is 2.25. The van der Waals surface area contributed by atoms with Crippen LogP contribution in [0.25, 0.3) is 0 Å². The van der Waals surface area contributed by atoms with E-state index >= 15 is 0 Å². The van der Waals surface area contributed by atoms with E-state index in [9.17, 15) is 22.8 Å². The molecule has 0 atom stereocenters. The number of nitrogens with zero attached hydrogens (tertiary/aromatic N) is 1. The SMILES string of the molecule is CC(=O)Nc1ccc(NS(C)(=O)=O)c(C(=O)Nc2ccc(N3CCCC3=O)cc2)c1. The van der Waals surface area contributed by atoms with Gasteiger partial charge in [0.05, 0.1) is 17.5 Å². The van der Waals surface area contributed by atoms with Crippen molar-refractivity contribution in [1.29, 1.82) is 0 Å². The van der Waals surface area contributed by atoms with Gasteiger partial charge in [0, 0.05) is 37.0 Å². The summed E-state index contributed by atoms with van der Waals surface area (Å²) < 4.78 is 25.6. The van der Waals surface area contributed by atoms with Gasteiger partial charge in [-0.3, -0.25) is 19.1 Å². The summed E-state index contributed by atoms with van der Waals surface area (Å²) >= 11 is 0. The third-order valence-electron chi connectivity index (χ3n) is 4.39. The summed E-state index contributed by atoms with van der Waals surface area (Å²) in [5.74, 6) is -0.811. The number of sulfonamides is 1. The molecule has 3 N–H and O–H groups in total. The summed E-state index contributed by atoms with van der Waals surface area (Å²) in [5, 5.41) is 5.27. The van der Waals surface area contributed by atoms with E-state index < -0.39 is 15.9 Å². The average molecular weight is 430 g/mol. The highest BCUT2D eigenvalue weighted by Gasteiger charge is 2.21. The number of benzene rings is 2. The number of carbonyl (C=O) groups is 3. The Morgan fingerprint density at radius 1 is 1.00 bits per heavy atom. The molecule has 10 heteroatoms. The Hall–Kier alpha value is -3.40. The fraction of sp³-hybridized carbons (Fsp3) is 0.250. The third-order valence-corrected chi connectivity index (χ3v) is 4.98. The summed E-state index contributed by atoms with van der Waals surface area (Å²) in [6.45, 7) is 2.00. The number of nitrogens with one attached hydrogen (secondary N) is 3. The molecule has 9 nitrogen and oxygen atoms in total. The molecule has 0 aliphatic carbocycles. The molecule has 1 aliphatic rings. The second-order valence-electron chi connectivity index (χ2n) is 6.97. The van der Waals surface area contributed by atoms with Crippen LogP contribution in [0.3, 0.4) is 0 Å². The van der Waals surface area contributed by atoms with Crippen molar-refractivity contribution in [3.63, 3.8) is 0 Å². The van der Waals surface area contributed by atoms with Crippen LogP contribution in [0.5, 0.6) is 0 Å². The number of amides is 3. The maximum absolute atomic E-state index is 12.8. The monoisotopic (exact) mass is 430 g/mol. The van der Waals surface area contributed by atoms with Crippen LogP contribution in [0.4, 0.5) is 22.7 Å². The van der Waals surface area contributed by atoms with Crippen molar-refractivity contribution < 1.29 is 22.8 Å². The van der Waals surface area contributed by atoms with Crippen LogP contribution in [-0.2, 0) is 19.6 Å². The van der Waals surface area contributed by atoms with E-state index in [1.807, 2.05) is 0 Å². The van der Waals surface area contributed by atoms with Crippen LogP contribution < -0.4 is 20.3 Å². The largest absolute Gasteiger partial charge is 0.326 e. The maximum atomic E-state index is 12.8. The molecule has 1 saturated heterocycles. The zero-order valence-electron chi connectivity index (χ0n) is 16.6. The van der Waals surface area contributed by atoms with Crippen LogP contribution in [0.2, 0.25) is 0 Å². The van der Waals surface area contributed by atoms with Crippen LogP contribution >= 0.6 is 0 Å². The highest BCUT2D eigenvalue weighted by molar-refractivity contribution is 7.92. The molecule has 30 heavy (non-hydrogen) atoms. The lowest BCUT2D eigenvalue weighted by Gasteiger charge is -2.16. The Bertz CT molecular complexity index is 1100. The lowest BCUT2D eigenvalue weighted by Crippen LogP contribution is -2.23. The Kier molecular flexibility index (Phi) is 6.06. The van der Waals surface area contributed by atoms with Gasteiger partial charge in [-0.2, -0.15) is 0 Å². The molecule has 1 aliphatic heterocycles. The highest BCUT2D eigenvalue weighted by atomic mass is 32.2. The van der Waals surface area contributed by atoms with Gasteiger partial charge in [-0.1, -0.05) is 0 Å². The fourth-order valence-corrected chi connectivity index (χ4v) is 3.72. The lowest BCUT2D eigenvalue weighted by atomic mass is 10.1. The molecular weight excluding hydrogens is 408 g/mol. The molecule has 3 amide bonds. The smallest absolute Gasteiger partial charge is 0.257 e. The molecule has 0 radical (unpaired) electrons. The topological polar surface area (TPSA) is 125 Å². The van der Waals surface area contributed by atoms with E-state index in [0.717, 1.165) is 18.4 Å². The third kappa shape index (κ3) is 5.35. The van der Waals surface area contributed by atoms with E-state index in [1.54, 1.807) is 29.2 Å². The number of rotatable bonds is 6. The number of carbonyl (C=O) groups excluding carboxylic acids is 3. The minimum Gasteiger partial charge on any atom is -0.326 e. The van der Waals surface area contributed by atoms with E-state index in [2.05, 4.69) is 15.4 Å². The molecule has 1 heterocycles. The number of hydrogen-bond donors (Lipinski definition) is 3. The van der Waals surface area contributed by atoms with Crippen LogP contribution in [0.15, 0.2) is 42.5 Å². The van der Waals surface area contributed by atoms with Crippen molar-refractivity contribution in [2.75, 3.05) is 33.1 Å². The molecule has 0 aromatic heterocycles. The van der Waals surface area contributed by atoms with E-state index in [0.29, 0.717) is 24.3 Å². The van der Waals surface area contributed by atoms with Gasteiger partial charge in [-0.25, -0.2) is 8.42 Å². The predicted octanol–water partition coefficient (Wildman–Crippen LogP) is 2.40. The van der Waals surface area contributed by atoms with Crippen LogP contribution in [0.1, 0.15) is 30.1 Å². The van der Waals surface area contributed by atoms with Crippen LogP contribution in [0, 0.1) is 0 Å². The van der Waals surface area contributed by atoms with Gasteiger partial charge in [-0.15, -0.1) is 0 Å². The minimum absolute atomic E-state index is 0.0467. The summed E-state index contributed by atoms with van der Waals surface area (Å²) in [4.78, 5) is 37.7. The van der Waals surface area contributed by atoms with Gasteiger partial charge in [0.2, 0.25) is 21.8 Å². The fourth-order valence-electron chi connectivity index (χ4n) is 3.15. The first-order valence-corrected chi connectivity index (χ1v) is 11.1. The molecule has 0 unspecified atom stereocenters. The molecule has 158 valence electrons. The van der Waals surface area contributed by atoms with Crippen molar-refractivity contribution in [2.24, 2.45) is 0 Å². The normalized spacial score (nSPS) is 13.8. The Morgan fingerprint density at radius 3 is 2.23 bits per heavy atom. The van der Waals surface area contributed by atoms with E-state index in [-0.39, 0.29) is 23.1 Å². The van der Waals surface area contributed by atoms with Gasteiger partial charge in [0.25, 0.3) is 5.91 Å². The lowest BCUT2D eigenvalue weighted by molar-refractivity contribution is -0.117. The maximum Gasteiger partial charge on any atom is 0.257 e.